The first-order valence-electron chi connectivity index (χ1n) is 11.9. The Morgan fingerprint density at radius 1 is 0.314 bits per heavy atom. The molecule has 0 aromatic heterocycles. The number of hydrogen-bond acceptors (Lipinski definition) is 0. The third-order valence-corrected chi connectivity index (χ3v) is 7.91. The molecule has 7 aromatic rings. The molecular weight excluding hydrogens is 488 g/mol. The van der Waals surface area contributed by atoms with Crippen LogP contribution in [0.1, 0.15) is 0 Å². The lowest BCUT2D eigenvalue weighted by Gasteiger charge is -2.11. The van der Waals surface area contributed by atoms with Crippen molar-refractivity contribution < 1.29 is 0 Å². The highest BCUT2D eigenvalue weighted by atomic mass is 79.9. The van der Waals surface area contributed by atoms with Crippen molar-refractivity contribution in [2.75, 3.05) is 0 Å². The maximum atomic E-state index is 3.94. The number of benzene rings is 7. The molecule has 0 aliphatic rings. The minimum Gasteiger partial charge on any atom is -0.0616 e. The standard InChI is InChI=1S/C34H21Br/c35-34-32-16-15-28(26-11-9-22-5-1-3-7-24(22)17-26)19-31(32)20-30-14-13-29(21-33(30)34)27-12-10-23-6-2-4-8-25(23)18-27/h1-21H. The summed E-state index contributed by atoms with van der Waals surface area (Å²) in [6.45, 7) is 0. The number of halogens is 1. The molecule has 35 heavy (non-hydrogen) atoms. The molecule has 0 fully saturated rings. The van der Waals surface area contributed by atoms with Crippen LogP contribution in [0.5, 0.6) is 0 Å². The predicted molar refractivity (Wildman–Crippen MR) is 155 cm³/mol. The normalized spacial score (nSPS) is 11.6. The van der Waals surface area contributed by atoms with Crippen LogP contribution in [0.15, 0.2) is 132 Å². The molecule has 0 bridgehead atoms. The van der Waals surface area contributed by atoms with E-state index in [4.69, 9.17) is 0 Å². The highest BCUT2D eigenvalue weighted by Crippen LogP contribution is 2.37. The van der Waals surface area contributed by atoms with Crippen molar-refractivity contribution in [3.8, 4) is 22.3 Å². The van der Waals surface area contributed by atoms with E-state index in [0.29, 0.717) is 0 Å². The predicted octanol–water partition coefficient (Wildman–Crippen LogP) is 10.4. The van der Waals surface area contributed by atoms with Gasteiger partial charge in [-0.05, 0) is 112 Å². The van der Waals surface area contributed by atoms with Crippen molar-refractivity contribution >= 4 is 59.0 Å². The summed E-state index contributed by atoms with van der Waals surface area (Å²) in [5, 5.41) is 10.0. The van der Waals surface area contributed by atoms with Crippen molar-refractivity contribution in [2.24, 2.45) is 0 Å². The zero-order valence-electron chi connectivity index (χ0n) is 19.0. The van der Waals surface area contributed by atoms with Crippen LogP contribution in [-0.4, -0.2) is 0 Å². The molecule has 7 rings (SSSR count). The van der Waals surface area contributed by atoms with Crippen LogP contribution in [0.25, 0.3) is 65.3 Å². The van der Waals surface area contributed by atoms with Gasteiger partial charge in [-0.2, -0.15) is 0 Å². The van der Waals surface area contributed by atoms with Gasteiger partial charge in [-0.25, -0.2) is 0 Å². The molecule has 0 aliphatic carbocycles. The van der Waals surface area contributed by atoms with Gasteiger partial charge in [-0.3, -0.25) is 0 Å². The summed E-state index contributed by atoms with van der Waals surface area (Å²) in [6, 6.07) is 46.3. The van der Waals surface area contributed by atoms with E-state index in [1.807, 2.05) is 0 Å². The van der Waals surface area contributed by atoms with E-state index in [1.54, 1.807) is 0 Å². The zero-order chi connectivity index (χ0) is 23.4. The summed E-state index contributed by atoms with van der Waals surface area (Å²) in [7, 11) is 0. The van der Waals surface area contributed by atoms with E-state index in [9.17, 15) is 0 Å². The van der Waals surface area contributed by atoms with Gasteiger partial charge >= 0.3 is 0 Å². The van der Waals surface area contributed by atoms with E-state index in [1.165, 1.54) is 65.3 Å². The Bertz CT molecular complexity index is 1910. The van der Waals surface area contributed by atoms with E-state index in [-0.39, 0.29) is 0 Å². The Balaban J connectivity index is 1.35. The second-order valence-electron chi connectivity index (χ2n) is 9.19. The molecular formula is C34H21Br. The van der Waals surface area contributed by atoms with Gasteiger partial charge in [0.25, 0.3) is 0 Å². The zero-order valence-corrected chi connectivity index (χ0v) is 20.6. The van der Waals surface area contributed by atoms with Gasteiger partial charge in [0.15, 0.2) is 0 Å². The van der Waals surface area contributed by atoms with Crippen LogP contribution in [0.4, 0.5) is 0 Å². The maximum absolute atomic E-state index is 3.94. The van der Waals surface area contributed by atoms with Crippen molar-refractivity contribution in [3.05, 3.63) is 132 Å². The molecule has 1 heteroatoms. The third kappa shape index (κ3) is 3.51. The van der Waals surface area contributed by atoms with Gasteiger partial charge in [-0.15, -0.1) is 0 Å². The van der Waals surface area contributed by atoms with Crippen LogP contribution in [-0.2, 0) is 0 Å². The SMILES string of the molecule is Brc1c2ccc(-c3ccc4ccccc4c3)cc2cc2ccc(-c3ccc4ccccc4c3)cc12. The minimum atomic E-state index is 1.15. The summed E-state index contributed by atoms with van der Waals surface area (Å²) in [6.07, 6.45) is 0. The lowest BCUT2D eigenvalue weighted by molar-refractivity contribution is 1.66. The second kappa shape index (κ2) is 8.08. The second-order valence-corrected chi connectivity index (χ2v) is 9.98. The van der Waals surface area contributed by atoms with Gasteiger partial charge in [0.2, 0.25) is 0 Å². The summed E-state index contributed by atoms with van der Waals surface area (Å²) in [4.78, 5) is 0. The van der Waals surface area contributed by atoms with Crippen LogP contribution in [0.3, 0.4) is 0 Å². The Labute approximate surface area is 212 Å². The van der Waals surface area contributed by atoms with Crippen molar-refractivity contribution in [3.63, 3.8) is 0 Å². The van der Waals surface area contributed by atoms with Crippen LogP contribution in [0, 0.1) is 0 Å². The van der Waals surface area contributed by atoms with Crippen LogP contribution in [0.2, 0.25) is 0 Å². The molecule has 0 nitrogen and oxygen atoms in total. The molecule has 0 heterocycles. The quantitative estimate of drug-likeness (QED) is 0.203. The number of fused-ring (bicyclic) bond motifs is 4. The highest BCUT2D eigenvalue weighted by molar-refractivity contribution is 9.10. The fraction of sp³-hybridized carbons (Fsp3) is 0. The molecule has 0 aliphatic heterocycles. The van der Waals surface area contributed by atoms with Gasteiger partial charge in [-0.1, -0.05) is 97.1 Å². The van der Waals surface area contributed by atoms with Gasteiger partial charge in [0.1, 0.15) is 0 Å². The molecule has 0 atom stereocenters. The van der Waals surface area contributed by atoms with Gasteiger partial charge in [0, 0.05) is 4.47 Å². The smallest absolute Gasteiger partial charge is 0.0332 e. The van der Waals surface area contributed by atoms with Crippen LogP contribution >= 0.6 is 15.9 Å². The summed E-state index contributed by atoms with van der Waals surface area (Å²) in [5.74, 6) is 0. The lowest BCUT2D eigenvalue weighted by Crippen LogP contribution is -1.85. The van der Waals surface area contributed by atoms with E-state index in [2.05, 4.69) is 143 Å². The topological polar surface area (TPSA) is 0 Å². The van der Waals surface area contributed by atoms with Crippen molar-refractivity contribution in [1.29, 1.82) is 0 Å². The fourth-order valence-electron chi connectivity index (χ4n) is 5.16. The van der Waals surface area contributed by atoms with E-state index in [0.717, 1.165) is 4.47 Å². The van der Waals surface area contributed by atoms with E-state index < -0.39 is 0 Å². The molecule has 0 saturated carbocycles. The lowest BCUT2D eigenvalue weighted by atomic mass is 9.95. The minimum absolute atomic E-state index is 1.15. The molecule has 0 unspecified atom stereocenters. The fourth-order valence-corrected chi connectivity index (χ4v) is 5.87. The van der Waals surface area contributed by atoms with Crippen molar-refractivity contribution in [2.45, 2.75) is 0 Å². The van der Waals surface area contributed by atoms with Crippen molar-refractivity contribution in [1.82, 2.24) is 0 Å². The first kappa shape index (κ1) is 20.4. The average molecular weight is 509 g/mol. The monoisotopic (exact) mass is 508 g/mol. The summed E-state index contributed by atoms with van der Waals surface area (Å²) in [5.41, 5.74) is 4.95. The summed E-state index contributed by atoms with van der Waals surface area (Å²) < 4.78 is 1.15. The van der Waals surface area contributed by atoms with Gasteiger partial charge < -0.3 is 0 Å². The van der Waals surface area contributed by atoms with Crippen LogP contribution < -0.4 is 0 Å². The first-order chi connectivity index (χ1) is 17.2. The molecule has 0 radical (unpaired) electrons. The van der Waals surface area contributed by atoms with Gasteiger partial charge in [0.05, 0.1) is 0 Å². The number of hydrogen-bond donors (Lipinski definition) is 0. The molecule has 0 saturated heterocycles. The Morgan fingerprint density at radius 2 is 0.771 bits per heavy atom. The molecule has 0 spiro atoms. The number of rotatable bonds is 2. The first-order valence-corrected chi connectivity index (χ1v) is 12.7. The highest BCUT2D eigenvalue weighted by Gasteiger charge is 2.10. The Morgan fingerprint density at radius 3 is 1.37 bits per heavy atom. The third-order valence-electron chi connectivity index (χ3n) is 7.05. The Hall–Kier alpha value is -3.94. The van der Waals surface area contributed by atoms with E-state index >= 15 is 0 Å². The largest absolute Gasteiger partial charge is 0.0616 e. The Kier molecular flexibility index (Phi) is 4.72. The maximum Gasteiger partial charge on any atom is 0.0332 e. The molecule has 7 aromatic carbocycles. The molecule has 164 valence electrons. The summed E-state index contributed by atoms with van der Waals surface area (Å²) >= 11 is 3.94. The molecule has 0 N–H and O–H groups in total. The average Bonchev–Trinajstić information content (AvgIpc) is 2.92. The molecule has 0 amide bonds.